The molecule has 70 valence electrons. The second-order valence-electron chi connectivity index (χ2n) is 3.57. The third kappa shape index (κ3) is 1.99. The van der Waals surface area contributed by atoms with Crippen molar-refractivity contribution in [2.75, 3.05) is 13.6 Å². The van der Waals surface area contributed by atoms with E-state index in [1.807, 2.05) is 7.05 Å². The van der Waals surface area contributed by atoms with Crippen molar-refractivity contribution in [2.45, 2.75) is 32.2 Å². The van der Waals surface area contributed by atoms with Crippen LogP contribution in [0.1, 0.15) is 26.2 Å². The summed E-state index contributed by atoms with van der Waals surface area (Å²) in [5.74, 6) is 0.491. The first-order valence-corrected chi connectivity index (χ1v) is 4.94. The van der Waals surface area contributed by atoms with E-state index < -0.39 is 0 Å². The molecular formula is C9H16ClNO. The molecule has 0 radical (unpaired) electrons. The van der Waals surface area contributed by atoms with Gasteiger partial charge in [0.1, 0.15) is 0 Å². The smallest absolute Gasteiger partial charge is 0.239 e. The SMILES string of the molecule is CCC[C@H]1CCN(C)[C@@H]1C(=O)Cl. The molecule has 2 atom stereocenters. The summed E-state index contributed by atoms with van der Waals surface area (Å²) in [6.45, 7) is 3.15. The minimum Gasteiger partial charge on any atom is -0.295 e. The maximum atomic E-state index is 11.1. The molecule has 2 nitrogen and oxygen atoms in total. The zero-order valence-electron chi connectivity index (χ0n) is 7.72. The molecule has 1 aliphatic heterocycles. The molecule has 0 bridgehead atoms. The second kappa shape index (κ2) is 4.24. The third-order valence-electron chi connectivity index (χ3n) is 2.67. The fraction of sp³-hybridized carbons (Fsp3) is 0.889. The number of nitrogens with zero attached hydrogens (tertiary/aromatic N) is 1. The number of hydrogen-bond donors (Lipinski definition) is 0. The van der Waals surface area contributed by atoms with Crippen LogP contribution in [0.4, 0.5) is 0 Å². The van der Waals surface area contributed by atoms with E-state index in [1.54, 1.807) is 0 Å². The summed E-state index contributed by atoms with van der Waals surface area (Å²) in [7, 11) is 1.97. The number of carbonyl (C=O) groups excluding carboxylic acids is 1. The van der Waals surface area contributed by atoms with Gasteiger partial charge in [-0.1, -0.05) is 13.3 Å². The summed E-state index contributed by atoms with van der Waals surface area (Å²) < 4.78 is 0. The van der Waals surface area contributed by atoms with Gasteiger partial charge in [-0.2, -0.15) is 0 Å². The third-order valence-corrected chi connectivity index (χ3v) is 2.89. The van der Waals surface area contributed by atoms with E-state index in [0.717, 1.165) is 25.8 Å². The molecule has 3 heteroatoms. The van der Waals surface area contributed by atoms with Crippen molar-refractivity contribution in [2.24, 2.45) is 5.92 Å². The lowest BCUT2D eigenvalue weighted by Gasteiger charge is -2.20. The van der Waals surface area contributed by atoms with Crippen molar-refractivity contribution in [1.29, 1.82) is 0 Å². The summed E-state index contributed by atoms with van der Waals surface area (Å²) in [5, 5.41) is -0.187. The highest BCUT2D eigenvalue weighted by Crippen LogP contribution is 2.28. The highest BCUT2D eigenvalue weighted by Gasteiger charge is 2.35. The molecule has 0 amide bonds. The highest BCUT2D eigenvalue weighted by atomic mass is 35.5. The molecule has 1 fully saturated rings. The molecule has 0 aromatic carbocycles. The van der Waals surface area contributed by atoms with Crippen LogP contribution in [0.3, 0.4) is 0 Å². The van der Waals surface area contributed by atoms with Crippen LogP contribution >= 0.6 is 11.6 Å². The van der Waals surface area contributed by atoms with E-state index in [1.165, 1.54) is 0 Å². The first kappa shape index (κ1) is 10.0. The highest BCUT2D eigenvalue weighted by molar-refractivity contribution is 6.64. The van der Waals surface area contributed by atoms with Gasteiger partial charge in [-0.3, -0.25) is 9.69 Å². The van der Waals surface area contributed by atoms with Crippen LogP contribution in [-0.2, 0) is 4.79 Å². The zero-order valence-corrected chi connectivity index (χ0v) is 8.47. The Morgan fingerprint density at radius 1 is 1.67 bits per heavy atom. The van der Waals surface area contributed by atoms with Crippen LogP contribution in [0, 0.1) is 5.92 Å². The Morgan fingerprint density at radius 2 is 2.33 bits per heavy atom. The van der Waals surface area contributed by atoms with Gasteiger partial charge in [-0.05, 0) is 44.0 Å². The Kier molecular flexibility index (Phi) is 3.53. The standard InChI is InChI=1S/C9H16ClNO/c1-3-4-7-5-6-11(2)8(7)9(10)12/h7-8H,3-6H2,1-2H3/t7-,8-/m0/s1. The minimum absolute atomic E-state index is 0.0217. The predicted molar refractivity (Wildman–Crippen MR) is 50.3 cm³/mol. The summed E-state index contributed by atoms with van der Waals surface area (Å²) in [6, 6.07) is -0.0217. The largest absolute Gasteiger partial charge is 0.295 e. The van der Waals surface area contributed by atoms with E-state index >= 15 is 0 Å². The van der Waals surface area contributed by atoms with Crippen molar-refractivity contribution >= 4 is 16.8 Å². The molecule has 0 aliphatic carbocycles. The van der Waals surface area contributed by atoms with Gasteiger partial charge in [0.15, 0.2) is 0 Å². The minimum atomic E-state index is -0.187. The molecule has 0 aromatic rings. The van der Waals surface area contributed by atoms with Crippen LogP contribution in [0.15, 0.2) is 0 Å². The summed E-state index contributed by atoms with van der Waals surface area (Å²) >= 11 is 5.53. The van der Waals surface area contributed by atoms with Gasteiger partial charge >= 0.3 is 0 Å². The Labute approximate surface area is 78.9 Å². The molecule has 1 heterocycles. The second-order valence-corrected chi connectivity index (χ2v) is 3.94. The quantitative estimate of drug-likeness (QED) is 0.632. The Balaban J connectivity index is 2.57. The fourth-order valence-corrected chi connectivity index (χ4v) is 2.40. The molecule has 0 spiro atoms. The lowest BCUT2D eigenvalue weighted by molar-refractivity contribution is -0.116. The van der Waals surface area contributed by atoms with Gasteiger partial charge < -0.3 is 0 Å². The summed E-state index contributed by atoms with van der Waals surface area (Å²) in [4.78, 5) is 13.1. The summed E-state index contributed by atoms with van der Waals surface area (Å²) in [5.41, 5.74) is 0. The van der Waals surface area contributed by atoms with Crippen LogP contribution in [-0.4, -0.2) is 29.8 Å². The average Bonchev–Trinajstić information content (AvgIpc) is 2.32. The number of carbonyl (C=O) groups is 1. The van der Waals surface area contributed by atoms with Crippen LogP contribution < -0.4 is 0 Å². The molecule has 1 aliphatic rings. The molecule has 0 unspecified atom stereocenters. The van der Waals surface area contributed by atoms with E-state index in [2.05, 4.69) is 11.8 Å². The van der Waals surface area contributed by atoms with E-state index in [0.29, 0.717) is 5.92 Å². The van der Waals surface area contributed by atoms with Crippen molar-refractivity contribution in [3.05, 3.63) is 0 Å². The van der Waals surface area contributed by atoms with Crippen LogP contribution in [0.2, 0.25) is 0 Å². The van der Waals surface area contributed by atoms with Crippen molar-refractivity contribution < 1.29 is 4.79 Å². The van der Waals surface area contributed by atoms with Gasteiger partial charge in [0.25, 0.3) is 0 Å². The first-order valence-electron chi connectivity index (χ1n) is 4.56. The normalized spacial score (nSPS) is 30.9. The molecule has 1 rings (SSSR count). The molecule has 0 aromatic heterocycles. The fourth-order valence-electron chi connectivity index (χ4n) is 2.06. The number of likely N-dealkylation sites (N-methyl/N-ethyl adjacent to an activating group) is 1. The Bertz CT molecular complexity index is 170. The topological polar surface area (TPSA) is 20.3 Å². The Morgan fingerprint density at radius 3 is 2.83 bits per heavy atom. The predicted octanol–water partition coefficient (Wildman–Crippen LogP) is 1.87. The molecular weight excluding hydrogens is 174 g/mol. The lowest BCUT2D eigenvalue weighted by atomic mass is 9.96. The zero-order chi connectivity index (χ0) is 9.14. The molecule has 0 saturated carbocycles. The number of hydrogen-bond acceptors (Lipinski definition) is 2. The summed E-state index contributed by atoms with van der Waals surface area (Å²) in [6.07, 6.45) is 3.38. The van der Waals surface area contributed by atoms with Gasteiger partial charge in [0, 0.05) is 0 Å². The van der Waals surface area contributed by atoms with Crippen LogP contribution in [0.25, 0.3) is 0 Å². The molecule has 1 saturated heterocycles. The lowest BCUT2D eigenvalue weighted by Crippen LogP contribution is -2.34. The van der Waals surface area contributed by atoms with E-state index in [-0.39, 0.29) is 11.3 Å². The van der Waals surface area contributed by atoms with Gasteiger partial charge in [-0.15, -0.1) is 0 Å². The number of halogens is 1. The van der Waals surface area contributed by atoms with Crippen molar-refractivity contribution in [1.82, 2.24) is 4.90 Å². The van der Waals surface area contributed by atoms with Gasteiger partial charge in [0.2, 0.25) is 5.24 Å². The van der Waals surface area contributed by atoms with Crippen molar-refractivity contribution in [3.8, 4) is 0 Å². The molecule has 0 N–H and O–H groups in total. The first-order chi connectivity index (χ1) is 5.66. The number of rotatable bonds is 3. The average molecular weight is 190 g/mol. The van der Waals surface area contributed by atoms with Gasteiger partial charge in [-0.25, -0.2) is 0 Å². The maximum Gasteiger partial charge on any atom is 0.239 e. The van der Waals surface area contributed by atoms with E-state index in [4.69, 9.17) is 11.6 Å². The maximum absolute atomic E-state index is 11.1. The van der Waals surface area contributed by atoms with Crippen molar-refractivity contribution in [3.63, 3.8) is 0 Å². The van der Waals surface area contributed by atoms with Gasteiger partial charge in [0.05, 0.1) is 6.04 Å². The Hall–Kier alpha value is -0.0800. The number of likely N-dealkylation sites (tertiary alicyclic amines) is 1. The van der Waals surface area contributed by atoms with E-state index in [9.17, 15) is 4.79 Å². The molecule has 12 heavy (non-hydrogen) atoms. The monoisotopic (exact) mass is 189 g/mol. The van der Waals surface area contributed by atoms with Crippen LogP contribution in [0.5, 0.6) is 0 Å².